The van der Waals surface area contributed by atoms with Crippen molar-refractivity contribution in [2.45, 2.75) is 33.2 Å². The molecule has 0 saturated carbocycles. The number of halogens is 1. The number of hydrogen-bond acceptors (Lipinski definition) is 3. The molecule has 0 saturated heterocycles. The van der Waals surface area contributed by atoms with Gasteiger partial charge in [-0.15, -0.1) is 0 Å². The van der Waals surface area contributed by atoms with Gasteiger partial charge in [-0.3, -0.25) is 0 Å². The van der Waals surface area contributed by atoms with E-state index in [4.69, 9.17) is 16.3 Å². The van der Waals surface area contributed by atoms with Crippen LogP contribution in [0.2, 0.25) is 5.02 Å². The van der Waals surface area contributed by atoms with Crippen LogP contribution in [0.25, 0.3) is 0 Å². The highest BCUT2D eigenvalue weighted by Crippen LogP contribution is 2.18. The molecule has 1 aromatic rings. The molecule has 0 fully saturated rings. The van der Waals surface area contributed by atoms with Gasteiger partial charge in [-0.2, -0.15) is 0 Å². The van der Waals surface area contributed by atoms with Gasteiger partial charge >= 0.3 is 0 Å². The molecular formula is C12H19ClN2O. The van der Waals surface area contributed by atoms with E-state index in [0.717, 1.165) is 25.1 Å². The first-order valence-electron chi connectivity index (χ1n) is 5.76. The van der Waals surface area contributed by atoms with Crippen molar-refractivity contribution in [1.82, 2.24) is 10.3 Å². The summed E-state index contributed by atoms with van der Waals surface area (Å²) in [6.07, 6.45) is 2.17. The standard InChI is InChI=1S/C12H19ClN2O/c1-3-5-8-16-12-7-6-10(13)11(15-12)9-14-4-2/h6-7,14H,3-5,8-9H2,1-2H3. The Balaban J connectivity index is 2.58. The summed E-state index contributed by atoms with van der Waals surface area (Å²) in [5.74, 6) is 0.658. The lowest BCUT2D eigenvalue weighted by atomic mass is 10.3. The van der Waals surface area contributed by atoms with E-state index in [1.807, 2.05) is 12.1 Å². The van der Waals surface area contributed by atoms with Gasteiger partial charge in [0.1, 0.15) is 0 Å². The first-order valence-corrected chi connectivity index (χ1v) is 6.14. The molecule has 1 heterocycles. The van der Waals surface area contributed by atoms with Gasteiger partial charge in [-0.05, 0) is 19.0 Å². The summed E-state index contributed by atoms with van der Waals surface area (Å²) >= 11 is 6.04. The average Bonchev–Trinajstić information content (AvgIpc) is 2.30. The number of nitrogens with zero attached hydrogens (tertiary/aromatic N) is 1. The molecule has 0 aliphatic rings. The Hall–Kier alpha value is -0.800. The maximum Gasteiger partial charge on any atom is 0.213 e. The Morgan fingerprint density at radius 1 is 1.38 bits per heavy atom. The number of unbranched alkanes of at least 4 members (excludes halogenated alkanes) is 1. The highest BCUT2D eigenvalue weighted by Gasteiger charge is 2.04. The zero-order valence-electron chi connectivity index (χ0n) is 9.92. The van der Waals surface area contributed by atoms with Gasteiger partial charge in [-0.25, -0.2) is 4.98 Å². The lowest BCUT2D eigenvalue weighted by molar-refractivity contribution is 0.297. The van der Waals surface area contributed by atoms with Crippen molar-refractivity contribution in [2.75, 3.05) is 13.2 Å². The van der Waals surface area contributed by atoms with E-state index in [-0.39, 0.29) is 0 Å². The number of pyridine rings is 1. The van der Waals surface area contributed by atoms with Crippen LogP contribution in [0.4, 0.5) is 0 Å². The van der Waals surface area contributed by atoms with Crippen LogP contribution in [0, 0.1) is 0 Å². The number of aromatic nitrogens is 1. The quantitative estimate of drug-likeness (QED) is 0.747. The van der Waals surface area contributed by atoms with Gasteiger partial charge in [-0.1, -0.05) is 31.9 Å². The third-order valence-corrected chi connectivity index (χ3v) is 2.53. The number of ether oxygens (including phenoxy) is 1. The molecule has 0 bridgehead atoms. The Bertz CT molecular complexity index is 318. The fourth-order valence-electron chi connectivity index (χ4n) is 1.23. The second kappa shape index (κ2) is 7.47. The topological polar surface area (TPSA) is 34.1 Å². The third kappa shape index (κ3) is 4.37. The van der Waals surface area contributed by atoms with Crippen molar-refractivity contribution < 1.29 is 4.74 Å². The number of rotatable bonds is 7. The van der Waals surface area contributed by atoms with Gasteiger partial charge in [0.25, 0.3) is 0 Å². The molecule has 0 aliphatic carbocycles. The minimum absolute atomic E-state index is 0.658. The summed E-state index contributed by atoms with van der Waals surface area (Å²) in [4.78, 5) is 4.36. The van der Waals surface area contributed by atoms with Gasteiger partial charge in [0.2, 0.25) is 5.88 Å². The molecule has 1 rings (SSSR count). The van der Waals surface area contributed by atoms with Crippen LogP contribution in [0.3, 0.4) is 0 Å². The third-order valence-electron chi connectivity index (χ3n) is 2.18. The molecule has 0 aromatic carbocycles. The molecule has 4 heteroatoms. The van der Waals surface area contributed by atoms with Crippen LogP contribution in [0.5, 0.6) is 5.88 Å². The van der Waals surface area contributed by atoms with Crippen molar-refractivity contribution in [2.24, 2.45) is 0 Å². The molecule has 0 aliphatic heterocycles. The van der Waals surface area contributed by atoms with Gasteiger partial charge < -0.3 is 10.1 Å². The minimum atomic E-state index is 0.658. The van der Waals surface area contributed by atoms with Crippen LogP contribution in [0.1, 0.15) is 32.4 Å². The molecule has 0 spiro atoms. The summed E-state index contributed by atoms with van der Waals surface area (Å²) < 4.78 is 5.52. The van der Waals surface area contributed by atoms with Crippen molar-refractivity contribution in [3.63, 3.8) is 0 Å². The van der Waals surface area contributed by atoms with E-state index < -0.39 is 0 Å². The molecule has 0 atom stereocenters. The highest BCUT2D eigenvalue weighted by atomic mass is 35.5. The molecule has 16 heavy (non-hydrogen) atoms. The van der Waals surface area contributed by atoms with Crippen molar-refractivity contribution in [3.8, 4) is 5.88 Å². The first-order chi connectivity index (χ1) is 7.77. The normalized spacial score (nSPS) is 10.4. The van der Waals surface area contributed by atoms with Crippen LogP contribution < -0.4 is 10.1 Å². The fraction of sp³-hybridized carbons (Fsp3) is 0.583. The Morgan fingerprint density at radius 3 is 2.88 bits per heavy atom. The summed E-state index contributed by atoms with van der Waals surface area (Å²) in [7, 11) is 0. The van der Waals surface area contributed by atoms with E-state index in [2.05, 4.69) is 24.1 Å². The van der Waals surface area contributed by atoms with E-state index in [1.54, 1.807) is 0 Å². The maximum absolute atomic E-state index is 6.04. The van der Waals surface area contributed by atoms with E-state index in [9.17, 15) is 0 Å². The lowest BCUT2D eigenvalue weighted by Gasteiger charge is -2.08. The molecule has 1 N–H and O–H groups in total. The van der Waals surface area contributed by atoms with Gasteiger partial charge in [0, 0.05) is 12.6 Å². The molecule has 0 unspecified atom stereocenters. The van der Waals surface area contributed by atoms with Crippen LogP contribution in [0.15, 0.2) is 12.1 Å². The summed E-state index contributed by atoms with van der Waals surface area (Å²) in [5.41, 5.74) is 0.845. The molecule has 3 nitrogen and oxygen atoms in total. The second-order valence-corrected chi connectivity index (χ2v) is 3.97. The van der Waals surface area contributed by atoms with Crippen LogP contribution in [-0.2, 0) is 6.54 Å². The monoisotopic (exact) mass is 242 g/mol. The SMILES string of the molecule is CCCCOc1ccc(Cl)c(CNCC)n1. The maximum atomic E-state index is 6.04. The van der Waals surface area contributed by atoms with Gasteiger partial charge in [0.05, 0.1) is 17.3 Å². The summed E-state index contributed by atoms with van der Waals surface area (Å²) in [6, 6.07) is 3.65. The molecule has 0 radical (unpaired) electrons. The molecule has 1 aromatic heterocycles. The zero-order valence-corrected chi connectivity index (χ0v) is 10.7. The predicted octanol–water partition coefficient (Wildman–Crippen LogP) is 3.02. The second-order valence-electron chi connectivity index (χ2n) is 3.56. The smallest absolute Gasteiger partial charge is 0.213 e. The molecule has 90 valence electrons. The number of hydrogen-bond donors (Lipinski definition) is 1. The number of nitrogens with one attached hydrogen (secondary N) is 1. The van der Waals surface area contributed by atoms with Crippen LogP contribution >= 0.6 is 11.6 Å². The van der Waals surface area contributed by atoms with Gasteiger partial charge in [0.15, 0.2) is 0 Å². The summed E-state index contributed by atoms with van der Waals surface area (Å²) in [5, 5.41) is 3.88. The van der Waals surface area contributed by atoms with E-state index in [1.165, 1.54) is 0 Å². The van der Waals surface area contributed by atoms with E-state index in [0.29, 0.717) is 24.1 Å². The minimum Gasteiger partial charge on any atom is -0.478 e. The van der Waals surface area contributed by atoms with Crippen LogP contribution in [-0.4, -0.2) is 18.1 Å². The Labute approximate surface area is 102 Å². The lowest BCUT2D eigenvalue weighted by Crippen LogP contribution is -2.13. The van der Waals surface area contributed by atoms with Crippen molar-refractivity contribution >= 4 is 11.6 Å². The first kappa shape index (κ1) is 13.3. The average molecular weight is 243 g/mol. The largest absolute Gasteiger partial charge is 0.478 e. The molecule has 0 amide bonds. The fourth-order valence-corrected chi connectivity index (χ4v) is 1.41. The predicted molar refractivity (Wildman–Crippen MR) is 67.0 cm³/mol. The van der Waals surface area contributed by atoms with E-state index >= 15 is 0 Å². The van der Waals surface area contributed by atoms with Crippen molar-refractivity contribution in [3.05, 3.63) is 22.8 Å². The zero-order chi connectivity index (χ0) is 11.8. The Morgan fingerprint density at radius 2 is 2.19 bits per heavy atom. The van der Waals surface area contributed by atoms with Crippen molar-refractivity contribution in [1.29, 1.82) is 0 Å². The Kier molecular flexibility index (Phi) is 6.19. The molecular weight excluding hydrogens is 224 g/mol. The summed E-state index contributed by atoms with van der Waals surface area (Å²) in [6.45, 7) is 6.48. The highest BCUT2D eigenvalue weighted by molar-refractivity contribution is 6.31.